The molecule has 0 unspecified atom stereocenters. The third kappa shape index (κ3) is 3.97. The van der Waals surface area contributed by atoms with Crippen LogP contribution in [-0.2, 0) is 17.8 Å². The molecule has 3 heterocycles. The predicted octanol–water partition coefficient (Wildman–Crippen LogP) is 2.62. The Kier molecular flexibility index (Phi) is 5.26. The fourth-order valence-electron chi connectivity index (χ4n) is 3.15. The molecule has 0 radical (unpaired) electrons. The van der Waals surface area contributed by atoms with E-state index in [0.29, 0.717) is 18.4 Å². The van der Waals surface area contributed by atoms with E-state index in [-0.39, 0.29) is 18.0 Å². The molecular formula is C21H21N5O2S. The van der Waals surface area contributed by atoms with E-state index in [9.17, 15) is 9.59 Å². The summed E-state index contributed by atoms with van der Waals surface area (Å²) in [6, 6.07) is 9.85. The molecule has 1 amide bonds. The number of hydrogen-bond donors (Lipinski definition) is 1. The third-order valence-corrected chi connectivity index (χ3v) is 5.98. The van der Waals surface area contributed by atoms with Gasteiger partial charge in [-0.05, 0) is 43.5 Å². The van der Waals surface area contributed by atoms with Crippen LogP contribution in [0, 0.1) is 13.8 Å². The number of benzene rings is 1. The maximum Gasteiger partial charge on any atom is 0.262 e. The summed E-state index contributed by atoms with van der Waals surface area (Å²) in [4.78, 5) is 31.1. The van der Waals surface area contributed by atoms with E-state index in [4.69, 9.17) is 0 Å². The van der Waals surface area contributed by atoms with E-state index < -0.39 is 0 Å². The van der Waals surface area contributed by atoms with Gasteiger partial charge in [-0.1, -0.05) is 18.2 Å². The molecule has 0 atom stereocenters. The monoisotopic (exact) mass is 407 g/mol. The molecule has 4 rings (SSSR count). The lowest BCUT2D eigenvalue weighted by atomic mass is 10.2. The van der Waals surface area contributed by atoms with Crippen LogP contribution in [0.5, 0.6) is 0 Å². The standard InChI is InChI=1S/C21H21N5O2S/c1-14-15(2)29-20-19(14)21(28)25(13-23-20)12-18(27)22-9-8-16-10-24-26(11-16)17-6-4-3-5-7-17/h3-7,10-11,13H,8-9,12H2,1-2H3,(H,22,27). The number of fused-ring (bicyclic) bond motifs is 1. The van der Waals surface area contributed by atoms with Gasteiger partial charge < -0.3 is 5.32 Å². The highest BCUT2D eigenvalue weighted by molar-refractivity contribution is 7.18. The van der Waals surface area contributed by atoms with Crippen LogP contribution in [0.1, 0.15) is 16.0 Å². The number of aromatic nitrogens is 4. The second-order valence-electron chi connectivity index (χ2n) is 6.87. The zero-order chi connectivity index (χ0) is 20.4. The number of para-hydroxylation sites is 1. The Balaban J connectivity index is 1.36. The van der Waals surface area contributed by atoms with Gasteiger partial charge in [0, 0.05) is 17.6 Å². The molecule has 0 aliphatic rings. The molecule has 0 saturated carbocycles. The second-order valence-corrected chi connectivity index (χ2v) is 8.07. The van der Waals surface area contributed by atoms with Crippen LogP contribution in [0.3, 0.4) is 0 Å². The van der Waals surface area contributed by atoms with Crippen LogP contribution in [0.15, 0.2) is 53.8 Å². The van der Waals surface area contributed by atoms with E-state index >= 15 is 0 Å². The fourth-order valence-corrected chi connectivity index (χ4v) is 4.14. The normalized spacial score (nSPS) is 11.1. The molecule has 1 aromatic carbocycles. The van der Waals surface area contributed by atoms with Crippen molar-refractivity contribution in [2.24, 2.45) is 0 Å². The van der Waals surface area contributed by atoms with Gasteiger partial charge in [0.25, 0.3) is 5.56 Å². The van der Waals surface area contributed by atoms with Crippen LogP contribution in [-0.4, -0.2) is 31.8 Å². The predicted molar refractivity (Wildman–Crippen MR) is 114 cm³/mol. The first-order valence-corrected chi connectivity index (χ1v) is 10.2. The second kappa shape index (κ2) is 8.00. The SMILES string of the molecule is Cc1sc2ncn(CC(=O)NCCc3cnn(-c4ccccc4)c3)c(=O)c2c1C. The zero-order valence-electron chi connectivity index (χ0n) is 16.3. The number of aryl methyl sites for hydroxylation is 2. The van der Waals surface area contributed by atoms with Gasteiger partial charge in [0.2, 0.25) is 5.91 Å². The molecular weight excluding hydrogens is 386 g/mol. The topological polar surface area (TPSA) is 81.8 Å². The first kappa shape index (κ1) is 19.1. The number of thiophene rings is 1. The molecule has 4 aromatic rings. The summed E-state index contributed by atoms with van der Waals surface area (Å²) >= 11 is 1.50. The summed E-state index contributed by atoms with van der Waals surface area (Å²) < 4.78 is 3.17. The van der Waals surface area contributed by atoms with Gasteiger partial charge in [-0.15, -0.1) is 11.3 Å². The van der Waals surface area contributed by atoms with E-state index in [2.05, 4.69) is 15.4 Å². The molecule has 0 saturated heterocycles. The quantitative estimate of drug-likeness (QED) is 0.533. The molecule has 0 aliphatic heterocycles. The van der Waals surface area contributed by atoms with Crippen LogP contribution in [0.2, 0.25) is 0 Å². The highest BCUT2D eigenvalue weighted by Crippen LogP contribution is 2.25. The number of amides is 1. The van der Waals surface area contributed by atoms with Crippen LogP contribution >= 0.6 is 11.3 Å². The largest absolute Gasteiger partial charge is 0.354 e. The van der Waals surface area contributed by atoms with Crippen molar-refractivity contribution in [2.75, 3.05) is 6.54 Å². The molecule has 0 bridgehead atoms. The molecule has 148 valence electrons. The van der Waals surface area contributed by atoms with E-state index in [1.807, 2.05) is 55.1 Å². The summed E-state index contributed by atoms with van der Waals surface area (Å²) in [6.45, 7) is 4.31. The molecule has 1 N–H and O–H groups in total. The summed E-state index contributed by atoms with van der Waals surface area (Å²) in [5, 5.41) is 7.82. The minimum atomic E-state index is -0.215. The molecule has 7 nitrogen and oxygen atoms in total. The number of rotatable bonds is 6. The molecule has 0 aliphatic carbocycles. The Morgan fingerprint density at radius 1 is 1.21 bits per heavy atom. The van der Waals surface area contributed by atoms with Gasteiger partial charge in [-0.2, -0.15) is 5.10 Å². The number of nitrogens with one attached hydrogen (secondary N) is 1. The van der Waals surface area contributed by atoms with Crippen LogP contribution in [0.4, 0.5) is 0 Å². The van der Waals surface area contributed by atoms with E-state index in [1.165, 1.54) is 22.2 Å². The van der Waals surface area contributed by atoms with Crippen molar-refractivity contribution in [3.8, 4) is 5.69 Å². The van der Waals surface area contributed by atoms with Gasteiger partial charge in [-0.25, -0.2) is 9.67 Å². The lowest BCUT2D eigenvalue weighted by Gasteiger charge is -2.07. The van der Waals surface area contributed by atoms with Crippen molar-refractivity contribution in [2.45, 2.75) is 26.8 Å². The van der Waals surface area contributed by atoms with E-state index in [0.717, 1.165) is 26.5 Å². The molecule has 0 fully saturated rings. The number of carbonyl (C=O) groups is 1. The molecule has 8 heteroatoms. The molecule has 29 heavy (non-hydrogen) atoms. The average Bonchev–Trinajstić information content (AvgIpc) is 3.30. The number of hydrogen-bond acceptors (Lipinski definition) is 5. The lowest BCUT2D eigenvalue weighted by molar-refractivity contribution is -0.121. The van der Waals surface area contributed by atoms with Crippen molar-refractivity contribution in [3.63, 3.8) is 0 Å². The number of carbonyl (C=O) groups excluding carboxylic acids is 1. The highest BCUT2D eigenvalue weighted by Gasteiger charge is 2.13. The van der Waals surface area contributed by atoms with Gasteiger partial charge in [0.05, 0.1) is 23.6 Å². The van der Waals surface area contributed by atoms with Crippen molar-refractivity contribution < 1.29 is 4.79 Å². The summed E-state index contributed by atoms with van der Waals surface area (Å²) in [7, 11) is 0. The minimum Gasteiger partial charge on any atom is -0.354 e. The van der Waals surface area contributed by atoms with Gasteiger partial charge in [0.1, 0.15) is 11.4 Å². The van der Waals surface area contributed by atoms with Crippen molar-refractivity contribution in [3.05, 3.63) is 75.4 Å². The Morgan fingerprint density at radius 2 is 2.00 bits per heavy atom. The smallest absolute Gasteiger partial charge is 0.262 e. The van der Waals surface area contributed by atoms with Gasteiger partial charge in [0.15, 0.2) is 0 Å². The number of nitrogens with zero attached hydrogens (tertiary/aromatic N) is 4. The van der Waals surface area contributed by atoms with Crippen molar-refractivity contribution >= 4 is 27.5 Å². The first-order chi connectivity index (χ1) is 14.0. The van der Waals surface area contributed by atoms with Crippen molar-refractivity contribution in [1.82, 2.24) is 24.6 Å². The summed E-state index contributed by atoms with van der Waals surface area (Å²) in [6.07, 6.45) is 5.85. The third-order valence-electron chi connectivity index (χ3n) is 4.86. The lowest BCUT2D eigenvalue weighted by Crippen LogP contribution is -2.33. The van der Waals surface area contributed by atoms with Crippen LogP contribution in [0.25, 0.3) is 15.9 Å². The fraction of sp³-hybridized carbons (Fsp3) is 0.238. The average molecular weight is 407 g/mol. The first-order valence-electron chi connectivity index (χ1n) is 9.34. The van der Waals surface area contributed by atoms with E-state index in [1.54, 1.807) is 6.20 Å². The van der Waals surface area contributed by atoms with Gasteiger partial charge >= 0.3 is 0 Å². The Morgan fingerprint density at radius 3 is 2.79 bits per heavy atom. The molecule has 0 spiro atoms. The molecule has 3 aromatic heterocycles. The van der Waals surface area contributed by atoms with Gasteiger partial charge in [-0.3, -0.25) is 14.2 Å². The van der Waals surface area contributed by atoms with Crippen LogP contribution < -0.4 is 10.9 Å². The van der Waals surface area contributed by atoms with Crippen molar-refractivity contribution in [1.29, 1.82) is 0 Å². The highest BCUT2D eigenvalue weighted by atomic mass is 32.1. The zero-order valence-corrected chi connectivity index (χ0v) is 17.1. The maximum atomic E-state index is 12.7. The Hall–Kier alpha value is -3.26. The Bertz CT molecular complexity index is 1220. The maximum absolute atomic E-state index is 12.7. The summed E-state index contributed by atoms with van der Waals surface area (Å²) in [5.41, 5.74) is 2.78. The minimum absolute atomic E-state index is 0.0423. The summed E-state index contributed by atoms with van der Waals surface area (Å²) in [5.74, 6) is -0.215. The Labute approximate surface area is 171 Å².